The molecule has 31 heavy (non-hydrogen) atoms. The van der Waals surface area contributed by atoms with Gasteiger partial charge in [0.1, 0.15) is 5.84 Å². The van der Waals surface area contributed by atoms with Gasteiger partial charge in [-0.3, -0.25) is 4.99 Å². The maximum Gasteiger partial charge on any atom is 0.416 e. The molecule has 4 rings (SSSR count). The number of rotatable bonds is 3. The smallest absolute Gasteiger partial charge is 0.368 e. The molecule has 0 bridgehead atoms. The largest absolute Gasteiger partial charge is 0.416 e. The van der Waals surface area contributed by atoms with Gasteiger partial charge in [0, 0.05) is 12.1 Å². The van der Waals surface area contributed by atoms with Crippen molar-refractivity contribution in [2.75, 3.05) is 13.1 Å². The number of hydrogen-bond donors (Lipinski definition) is 1. The summed E-state index contributed by atoms with van der Waals surface area (Å²) < 4.78 is 78.6. The van der Waals surface area contributed by atoms with Crippen LogP contribution < -0.4 is 5.32 Å². The van der Waals surface area contributed by atoms with Crippen LogP contribution in [0.25, 0.3) is 22.3 Å². The number of alkyl halides is 6. The van der Waals surface area contributed by atoms with Crippen LogP contribution in [0.5, 0.6) is 0 Å². The molecule has 3 aromatic rings. The van der Waals surface area contributed by atoms with Gasteiger partial charge in [0.05, 0.1) is 17.7 Å². The number of benzene rings is 3. The van der Waals surface area contributed by atoms with E-state index < -0.39 is 23.5 Å². The zero-order chi connectivity index (χ0) is 22.2. The number of aliphatic imine (C=N–C) groups is 1. The molecule has 0 aliphatic carbocycles. The molecule has 0 aromatic heterocycles. The van der Waals surface area contributed by atoms with Gasteiger partial charge >= 0.3 is 12.4 Å². The van der Waals surface area contributed by atoms with Gasteiger partial charge in [-0.25, -0.2) is 0 Å². The van der Waals surface area contributed by atoms with Gasteiger partial charge in [-0.2, -0.15) is 26.3 Å². The fourth-order valence-corrected chi connectivity index (χ4v) is 3.39. The van der Waals surface area contributed by atoms with Crippen molar-refractivity contribution in [2.45, 2.75) is 12.4 Å². The SMILES string of the molecule is FC(F)(F)c1cc(-c2ccc(-c3ccc(C4=NCCN4)cc3)cc2)cc(C(F)(F)F)c1. The summed E-state index contributed by atoms with van der Waals surface area (Å²) in [6.45, 7) is 1.52. The third kappa shape index (κ3) is 4.57. The normalized spacial score (nSPS) is 14.3. The van der Waals surface area contributed by atoms with Gasteiger partial charge in [0.15, 0.2) is 0 Å². The van der Waals surface area contributed by atoms with Crippen molar-refractivity contribution >= 4 is 5.84 Å². The molecule has 2 nitrogen and oxygen atoms in total. The van der Waals surface area contributed by atoms with E-state index in [0.717, 1.165) is 47.7 Å². The Morgan fingerprint density at radius 1 is 0.581 bits per heavy atom. The minimum atomic E-state index is -4.88. The Kier molecular flexibility index (Phi) is 5.24. The van der Waals surface area contributed by atoms with Gasteiger partial charge in [-0.05, 0) is 40.5 Å². The highest BCUT2D eigenvalue weighted by atomic mass is 19.4. The lowest BCUT2D eigenvalue weighted by molar-refractivity contribution is -0.143. The lowest BCUT2D eigenvalue weighted by atomic mass is 9.96. The van der Waals surface area contributed by atoms with Crippen molar-refractivity contribution in [1.29, 1.82) is 0 Å². The van der Waals surface area contributed by atoms with E-state index in [1.54, 1.807) is 12.1 Å². The molecule has 1 aliphatic heterocycles. The molecule has 1 aliphatic rings. The first-order chi connectivity index (χ1) is 14.6. The van der Waals surface area contributed by atoms with E-state index in [1.807, 2.05) is 24.3 Å². The molecule has 0 spiro atoms. The Morgan fingerprint density at radius 3 is 1.39 bits per heavy atom. The fourth-order valence-electron chi connectivity index (χ4n) is 3.39. The molecule has 0 atom stereocenters. The van der Waals surface area contributed by atoms with E-state index in [0.29, 0.717) is 0 Å². The van der Waals surface area contributed by atoms with Crippen LogP contribution in [0.1, 0.15) is 16.7 Å². The number of halogens is 6. The standard InChI is InChI=1S/C23H16F6N2/c24-22(25,26)19-11-18(12-20(13-19)23(27,28)29)16-3-1-14(2-4-16)15-5-7-17(8-6-15)21-30-9-10-31-21/h1-8,11-13H,9-10H2,(H,30,31). The van der Waals surface area contributed by atoms with E-state index >= 15 is 0 Å². The predicted molar refractivity (Wildman–Crippen MR) is 107 cm³/mol. The molecule has 1 heterocycles. The summed E-state index contributed by atoms with van der Waals surface area (Å²) in [6, 6.07) is 15.5. The zero-order valence-corrected chi connectivity index (χ0v) is 16.0. The highest BCUT2D eigenvalue weighted by Gasteiger charge is 2.37. The number of nitrogens with zero attached hydrogens (tertiary/aromatic N) is 1. The second-order valence-electron chi connectivity index (χ2n) is 7.11. The third-order valence-corrected chi connectivity index (χ3v) is 4.97. The minimum absolute atomic E-state index is 0.128. The molecule has 0 unspecified atom stereocenters. The Balaban J connectivity index is 1.65. The molecule has 1 N–H and O–H groups in total. The molecule has 0 radical (unpaired) electrons. The molecular weight excluding hydrogens is 418 g/mol. The Bertz CT molecular complexity index is 1080. The van der Waals surface area contributed by atoms with Crippen LogP contribution >= 0.6 is 0 Å². The summed E-state index contributed by atoms with van der Waals surface area (Å²) in [7, 11) is 0. The van der Waals surface area contributed by atoms with E-state index in [4.69, 9.17) is 0 Å². The summed E-state index contributed by atoms with van der Waals surface area (Å²) in [5.41, 5.74) is 0.0618. The van der Waals surface area contributed by atoms with Crippen LogP contribution in [0.15, 0.2) is 71.7 Å². The number of amidine groups is 1. The van der Waals surface area contributed by atoms with Crippen LogP contribution in [-0.2, 0) is 12.4 Å². The highest BCUT2D eigenvalue weighted by molar-refractivity contribution is 6.00. The average Bonchev–Trinajstić information content (AvgIpc) is 3.27. The van der Waals surface area contributed by atoms with Crippen molar-refractivity contribution in [3.8, 4) is 22.3 Å². The quantitative estimate of drug-likeness (QED) is 0.474. The van der Waals surface area contributed by atoms with Crippen molar-refractivity contribution < 1.29 is 26.3 Å². The Labute approximate surface area is 174 Å². The lowest BCUT2D eigenvalue weighted by Gasteiger charge is -2.14. The summed E-state index contributed by atoms with van der Waals surface area (Å²) >= 11 is 0. The van der Waals surface area contributed by atoms with Gasteiger partial charge in [0.25, 0.3) is 0 Å². The summed E-state index contributed by atoms with van der Waals surface area (Å²) in [5.74, 6) is 0.826. The molecule has 0 amide bonds. The second-order valence-corrected chi connectivity index (χ2v) is 7.11. The van der Waals surface area contributed by atoms with E-state index in [1.165, 1.54) is 12.1 Å². The summed E-state index contributed by atoms with van der Waals surface area (Å²) in [6.07, 6.45) is -9.76. The van der Waals surface area contributed by atoms with Gasteiger partial charge in [-0.15, -0.1) is 0 Å². The molecule has 160 valence electrons. The van der Waals surface area contributed by atoms with Crippen LogP contribution in [0, 0.1) is 0 Å². The average molecular weight is 434 g/mol. The van der Waals surface area contributed by atoms with Gasteiger partial charge in [-0.1, -0.05) is 48.5 Å². The molecule has 0 saturated carbocycles. The van der Waals surface area contributed by atoms with Gasteiger partial charge in [0.2, 0.25) is 0 Å². The van der Waals surface area contributed by atoms with E-state index in [-0.39, 0.29) is 17.2 Å². The Hall–Kier alpha value is -3.29. The van der Waals surface area contributed by atoms with Crippen molar-refractivity contribution in [2.24, 2.45) is 4.99 Å². The zero-order valence-electron chi connectivity index (χ0n) is 16.0. The first kappa shape index (κ1) is 21.0. The fraction of sp³-hybridized carbons (Fsp3) is 0.174. The lowest BCUT2D eigenvalue weighted by Crippen LogP contribution is -2.19. The maximum atomic E-state index is 13.1. The number of nitrogens with one attached hydrogen (secondary N) is 1. The minimum Gasteiger partial charge on any atom is -0.368 e. The van der Waals surface area contributed by atoms with E-state index in [2.05, 4.69) is 10.3 Å². The highest BCUT2D eigenvalue weighted by Crippen LogP contribution is 2.39. The van der Waals surface area contributed by atoms with Crippen LogP contribution in [-0.4, -0.2) is 18.9 Å². The molecule has 0 saturated heterocycles. The third-order valence-electron chi connectivity index (χ3n) is 4.97. The molecule has 3 aromatic carbocycles. The first-order valence-electron chi connectivity index (χ1n) is 9.40. The van der Waals surface area contributed by atoms with Gasteiger partial charge < -0.3 is 5.32 Å². The second kappa shape index (κ2) is 7.76. The molecular formula is C23H16F6N2. The van der Waals surface area contributed by atoms with E-state index in [9.17, 15) is 26.3 Å². The maximum absolute atomic E-state index is 13.1. The van der Waals surface area contributed by atoms with Crippen molar-refractivity contribution in [3.63, 3.8) is 0 Å². The Morgan fingerprint density at radius 2 is 1.00 bits per heavy atom. The van der Waals surface area contributed by atoms with Crippen molar-refractivity contribution in [3.05, 3.63) is 83.4 Å². The molecule has 8 heteroatoms. The first-order valence-corrected chi connectivity index (χ1v) is 9.40. The van der Waals surface area contributed by atoms with Crippen LogP contribution in [0.4, 0.5) is 26.3 Å². The van der Waals surface area contributed by atoms with Crippen LogP contribution in [0.3, 0.4) is 0 Å². The number of hydrogen-bond acceptors (Lipinski definition) is 2. The monoisotopic (exact) mass is 434 g/mol. The summed E-state index contributed by atoms with van der Waals surface area (Å²) in [4.78, 5) is 4.35. The van der Waals surface area contributed by atoms with Crippen LogP contribution in [0.2, 0.25) is 0 Å². The predicted octanol–water partition coefficient (Wildman–Crippen LogP) is 6.41. The van der Waals surface area contributed by atoms with Crippen molar-refractivity contribution in [1.82, 2.24) is 5.32 Å². The molecule has 0 fully saturated rings. The summed E-state index contributed by atoms with van der Waals surface area (Å²) in [5, 5.41) is 3.18. The topological polar surface area (TPSA) is 24.4 Å².